The number of benzene rings is 1. The molecule has 6 heteroatoms. The summed E-state index contributed by atoms with van der Waals surface area (Å²) in [5.74, 6) is 1.39. The van der Waals surface area contributed by atoms with Crippen molar-refractivity contribution in [2.75, 3.05) is 17.2 Å². The number of hydrogen-bond acceptors (Lipinski definition) is 5. The molecular formula is C18H22N6. The minimum Gasteiger partial charge on any atom is -0.368 e. The van der Waals surface area contributed by atoms with Crippen molar-refractivity contribution in [2.45, 2.75) is 38.1 Å². The molecular weight excluding hydrogens is 300 g/mol. The first-order valence-corrected chi connectivity index (χ1v) is 8.63. The Morgan fingerprint density at radius 1 is 1.17 bits per heavy atom. The summed E-state index contributed by atoms with van der Waals surface area (Å²) in [4.78, 5) is 7.82. The first-order valence-electron chi connectivity index (χ1n) is 8.63. The van der Waals surface area contributed by atoms with Crippen molar-refractivity contribution in [1.29, 1.82) is 0 Å². The Bertz CT molecular complexity index is 806. The summed E-state index contributed by atoms with van der Waals surface area (Å²) in [5.41, 5.74) is 2.49. The number of para-hydroxylation sites is 1. The third kappa shape index (κ3) is 3.32. The number of nitrogens with one attached hydrogen (secondary N) is 3. The van der Waals surface area contributed by atoms with Crippen molar-refractivity contribution >= 4 is 22.7 Å². The van der Waals surface area contributed by atoms with Gasteiger partial charge >= 0.3 is 0 Å². The zero-order valence-corrected chi connectivity index (χ0v) is 13.6. The highest BCUT2D eigenvalue weighted by Crippen LogP contribution is 2.21. The molecule has 1 aliphatic rings. The molecule has 6 nitrogen and oxygen atoms in total. The van der Waals surface area contributed by atoms with E-state index in [4.69, 9.17) is 0 Å². The number of aromatic amines is 1. The first-order chi connectivity index (χ1) is 11.9. The smallest absolute Gasteiger partial charge is 0.244 e. The van der Waals surface area contributed by atoms with Gasteiger partial charge in [0.25, 0.3) is 0 Å². The molecule has 0 saturated heterocycles. The quantitative estimate of drug-likeness (QED) is 0.648. The summed E-state index contributed by atoms with van der Waals surface area (Å²) in [7, 11) is 0. The van der Waals surface area contributed by atoms with Crippen LogP contribution in [0.4, 0.5) is 11.8 Å². The van der Waals surface area contributed by atoms with Gasteiger partial charge < -0.3 is 15.6 Å². The second-order valence-corrected chi connectivity index (χ2v) is 6.33. The fourth-order valence-corrected chi connectivity index (χ4v) is 3.37. The van der Waals surface area contributed by atoms with Gasteiger partial charge in [0.2, 0.25) is 5.95 Å². The maximum Gasteiger partial charge on any atom is 0.244 e. The Morgan fingerprint density at radius 2 is 2.04 bits per heavy atom. The van der Waals surface area contributed by atoms with E-state index in [1.165, 1.54) is 42.1 Å². The number of H-pyrrole nitrogens is 1. The molecule has 0 bridgehead atoms. The highest BCUT2D eigenvalue weighted by molar-refractivity contribution is 5.83. The van der Waals surface area contributed by atoms with E-state index in [0.717, 1.165) is 18.8 Å². The van der Waals surface area contributed by atoms with Gasteiger partial charge in [-0.25, -0.2) is 0 Å². The van der Waals surface area contributed by atoms with E-state index in [0.29, 0.717) is 12.0 Å². The number of nitrogens with zero attached hydrogens (tertiary/aromatic N) is 3. The third-order valence-corrected chi connectivity index (χ3v) is 4.62. The molecule has 4 rings (SSSR count). The summed E-state index contributed by atoms with van der Waals surface area (Å²) in [6, 6.07) is 8.86. The van der Waals surface area contributed by atoms with Crippen LogP contribution < -0.4 is 10.6 Å². The van der Waals surface area contributed by atoms with Crippen molar-refractivity contribution in [1.82, 2.24) is 20.2 Å². The van der Waals surface area contributed by atoms with Crippen LogP contribution in [0.5, 0.6) is 0 Å². The lowest BCUT2D eigenvalue weighted by Gasteiger charge is -2.12. The number of aromatic nitrogens is 4. The molecule has 1 aromatic carbocycles. The van der Waals surface area contributed by atoms with Crippen LogP contribution in [0.2, 0.25) is 0 Å². The first kappa shape index (κ1) is 14.9. The van der Waals surface area contributed by atoms with E-state index in [1.807, 2.05) is 6.07 Å². The minimum atomic E-state index is 0.494. The molecule has 0 atom stereocenters. The van der Waals surface area contributed by atoms with Gasteiger partial charge in [0.1, 0.15) is 0 Å². The van der Waals surface area contributed by atoms with E-state index in [-0.39, 0.29) is 0 Å². The van der Waals surface area contributed by atoms with Crippen molar-refractivity contribution in [3.63, 3.8) is 0 Å². The summed E-state index contributed by atoms with van der Waals surface area (Å²) in [6.45, 7) is 0.809. The molecule has 3 aromatic rings. The van der Waals surface area contributed by atoms with Crippen LogP contribution in [-0.2, 0) is 6.42 Å². The second kappa shape index (κ2) is 6.86. The third-order valence-electron chi connectivity index (χ3n) is 4.62. The highest BCUT2D eigenvalue weighted by atomic mass is 15.3. The molecule has 2 heterocycles. The maximum absolute atomic E-state index is 4.51. The zero-order valence-electron chi connectivity index (χ0n) is 13.6. The van der Waals surface area contributed by atoms with Gasteiger partial charge in [0, 0.05) is 29.7 Å². The monoisotopic (exact) mass is 322 g/mol. The van der Waals surface area contributed by atoms with Gasteiger partial charge in [-0.2, -0.15) is 10.1 Å². The average molecular weight is 322 g/mol. The molecule has 1 fully saturated rings. The van der Waals surface area contributed by atoms with E-state index in [1.54, 1.807) is 6.20 Å². The van der Waals surface area contributed by atoms with E-state index >= 15 is 0 Å². The minimum absolute atomic E-state index is 0.494. The van der Waals surface area contributed by atoms with E-state index in [2.05, 4.69) is 55.2 Å². The van der Waals surface area contributed by atoms with Crippen molar-refractivity contribution in [3.05, 3.63) is 42.2 Å². The number of fused-ring (bicyclic) bond motifs is 1. The molecule has 0 amide bonds. The molecule has 1 aliphatic carbocycles. The molecule has 124 valence electrons. The van der Waals surface area contributed by atoms with E-state index < -0.39 is 0 Å². The highest BCUT2D eigenvalue weighted by Gasteiger charge is 2.15. The second-order valence-electron chi connectivity index (χ2n) is 6.33. The van der Waals surface area contributed by atoms with Crippen molar-refractivity contribution in [2.24, 2.45) is 0 Å². The van der Waals surface area contributed by atoms with Crippen LogP contribution in [-0.4, -0.2) is 32.8 Å². The molecule has 0 aliphatic heterocycles. The molecule has 0 spiro atoms. The maximum atomic E-state index is 4.51. The molecule has 3 N–H and O–H groups in total. The van der Waals surface area contributed by atoms with Crippen LogP contribution in [0.1, 0.15) is 31.2 Å². The normalized spacial score (nSPS) is 15.0. The average Bonchev–Trinajstić information content (AvgIpc) is 3.26. The summed E-state index contributed by atoms with van der Waals surface area (Å²) in [5, 5.41) is 16.1. The molecule has 24 heavy (non-hydrogen) atoms. The predicted octanol–water partition coefficient (Wildman–Crippen LogP) is 3.36. The van der Waals surface area contributed by atoms with E-state index in [9.17, 15) is 0 Å². The van der Waals surface area contributed by atoms with Gasteiger partial charge in [0.15, 0.2) is 5.82 Å². The Morgan fingerprint density at radius 3 is 2.96 bits per heavy atom. The number of rotatable bonds is 6. The zero-order chi connectivity index (χ0) is 16.2. The van der Waals surface area contributed by atoms with Crippen molar-refractivity contribution in [3.8, 4) is 0 Å². The van der Waals surface area contributed by atoms with Crippen LogP contribution in [0.25, 0.3) is 10.9 Å². The number of anilines is 2. The Labute approximate surface area is 141 Å². The van der Waals surface area contributed by atoms with Crippen molar-refractivity contribution < 1.29 is 0 Å². The fraction of sp³-hybridized carbons (Fsp3) is 0.389. The SMILES string of the molecule is c1ccc2c(CCNc3cnnc(NC4CCCC4)n3)c[nH]c2c1. The van der Waals surface area contributed by atoms with Gasteiger partial charge in [-0.05, 0) is 30.9 Å². The molecule has 1 saturated carbocycles. The summed E-state index contributed by atoms with van der Waals surface area (Å²) < 4.78 is 0. The summed E-state index contributed by atoms with van der Waals surface area (Å²) >= 11 is 0. The lowest BCUT2D eigenvalue weighted by Crippen LogP contribution is -2.18. The van der Waals surface area contributed by atoms with Crippen LogP contribution in [0, 0.1) is 0 Å². The Balaban J connectivity index is 1.35. The molecule has 0 radical (unpaired) electrons. The van der Waals surface area contributed by atoms with Gasteiger partial charge in [0.05, 0.1) is 6.20 Å². The Hall–Kier alpha value is -2.63. The van der Waals surface area contributed by atoms with Gasteiger partial charge in [-0.15, -0.1) is 5.10 Å². The lowest BCUT2D eigenvalue weighted by atomic mass is 10.1. The predicted molar refractivity (Wildman–Crippen MR) is 96.2 cm³/mol. The molecule has 0 unspecified atom stereocenters. The van der Waals surface area contributed by atoms with Gasteiger partial charge in [-0.1, -0.05) is 31.0 Å². The molecule has 2 aromatic heterocycles. The standard InChI is InChI=1S/C18H22N6/c1-2-6-14(5-1)22-18-23-17(12-21-24-18)19-10-9-13-11-20-16-8-4-3-7-15(13)16/h3-4,7-8,11-12,14,20H,1-2,5-6,9-10H2,(H2,19,22,23,24). The van der Waals surface area contributed by atoms with Crippen LogP contribution >= 0.6 is 0 Å². The lowest BCUT2D eigenvalue weighted by molar-refractivity contribution is 0.737. The van der Waals surface area contributed by atoms with Crippen LogP contribution in [0.3, 0.4) is 0 Å². The largest absolute Gasteiger partial charge is 0.368 e. The number of hydrogen-bond donors (Lipinski definition) is 3. The summed E-state index contributed by atoms with van der Waals surface area (Å²) in [6.07, 6.45) is 9.65. The van der Waals surface area contributed by atoms with Gasteiger partial charge in [-0.3, -0.25) is 0 Å². The topological polar surface area (TPSA) is 78.5 Å². The van der Waals surface area contributed by atoms with Crippen LogP contribution in [0.15, 0.2) is 36.7 Å². The Kier molecular flexibility index (Phi) is 4.27. The fourth-order valence-electron chi connectivity index (χ4n) is 3.37.